The maximum absolute atomic E-state index is 14.4. The summed E-state index contributed by atoms with van der Waals surface area (Å²) in [6, 6.07) is 55.2. The van der Waals surface area contributed by atoms with E-state index >= 15 is 0 Å². The lowest BCUT2D eigenvalue weighted by atomic mass is 9.96. The van der Waals surface area contributed by atoms with Crippen LogP contribution in [0.25, 0.3) is 0 Å². The molecular formula is C61H49BrO17. The smallest absolute Gasteiger partial charge is 0.338 e. The van der Waals surface area contributed by atoms with Gasteiger partial charge in [-0.15, -0.1) is 0 Å². The summed E-state index contributed by atoms with van der Waals surface area (Å²) in [4.78, 5) is 98.6. The number of ether oxygens (including phenoxy) is 10. The Morgan fingerprint density at radius 1 is 0.304 bits per heavy atom. The molecule has 18 heteroatoms. The standard InChI is InChI=1S/C61H49BrO17/c62-53-51(49(76-58(67)42-30-16-5-17-31-42)47(74-56(65)40-26-12-3-13-27-40)45(72-53)36-70-54(63)38-22-8-1-9-23-38)79-61-52(78-60(69)44-34-20-7-21-35-44)50(77-59(68)43-32-18-6-19-33-43)48(75-57(66)41-28-14-4-15-29-41)46(73-61)37-71-55(64)39-24-10-2-11-25-39/h1-35,45-53,61H,36-37H2/t45-,46-,47-,48-,49+,50+,51-,52-,53+,61+/m1/s1. The highest BCUT2D eigenvalue weighted by Crippen LogP contribution is 2.38. The lowest BCUT2D eigenvalue weighted by Gasteiger charge is -2.48. The molecule has 0 amide bonds. The van der Waals surface area contributed by atoms with Gasteiger partial charge in [0.05, 0.1) is 38.9 Å². The van der Waals surface area contributed by atoms with Gasteiger partial charge in [-0.3, -0.25) is 0 Å². The molecule has 9 rings (SSSR count). The van der Waals surface area contributed by atoms with Crippen molar-refractivity contribution in [2.45, 2.75) is 60.1 Å². The molecule has 0 aromatic heterocycles. The summed E-state index contributed by atoms with van der Waals surface area (Å²) in [6.45, 7) is -1.26. The first-order valence-electron chi connectivity index (χ1n) is 24.9. The van der Waals surface area contributed by atoms with Gasteiger partial charge in [0, 0.05) is 0 Å². The molecule has 402 valence electrons. The average Bonchev–Trinajstić information content (AvgIpc) is 3.64. The van der Waals surface area contributed by atoms with E-state index in [9.17, 15) is 33.6 Å². The number of halogens is 1. The normalized spacial score (nSPS) is 22.4. The Balaban J connectivity index is 1.16. The Morgan fingerprint density at radius 3 is 0.848 bits per heavy atom. The van der Waals surface area contributed by atoms with Crippen LogP contribution >= 0.6 is 15.9 Å². The minimum Gasteiger partial charge on any atom is -0.459 e. The maximum atomic E-state index is 14.4. The summed E-state index contributed by atoms with van der Waals surface area (Å²) >= 11 is 3.55. The molecule has 7 aromatic rings. The predicted octanol–water partition coefficient (Wildman–Crippen LogP) is 9.06. The average molecular weight is 1130 g/mol. The summed E-state index contributed by atoms with van der Waals surface area (Å²) < 4.78 is 62.8. The van der Waals surface area contributed by atoms with Gasteiger partial charge in [-0.2, -0.15) is 0 Å². The predicted molar refractivity (Wildman–Crippen MR) is 283 cm³/mol. The van der Waals surface area contributed by atoms with Crippen LogP contribution in [0.1, 0.15) is 72.5 Å². The lowest BCUT2D eigenvalue weighted by molar-refractivity contribution is -0.331. The van der Waals surface area contributed by atoms with E-state index in [0.29, 0.717) is 0 Å². The summed E-state index contributed by atoms with van der Waals surface area (Å²) in [5, 5.41) is -1.39. The van der Waals surface area contributed by atoms with E-state index in [2.05, 4.69) is 15.9 Å². The van der Waals surface area contributed by atoms with Gasteiger partial charge in [0.1, 0.15) is 36.5 Å². The highest BCUT2D eigenvalue weighted by Gasteiger charge is 2.58. The van der Waals surface area contributed by atoms with E-state index in [-0.39, 0.29) is 38.9 Å². The molecule has 7 aromatic carbocycles. The SMILES string of the molecule is O=C(OC[C@H]1O[C@H](Br)[C@H](O[C@@H]2O[C@H](COC(=O)c3ccccc3)[C@@H](OC(=O)c3ccccc3)[C@H](OC(=O)c3ccccc3)[C@H]2OC(=O)c2ccccc2)[C@@H](OC(=O)c2ccccc2)[C@@H]1OC(=O)c1ccccc1)c1ccccc1. The molecule has 2 fully saturated rings. The maximum Gasteiger partial charge on any atom is 0.338 e. The van der Waals surface area contributed by atoms with Gasteiger partial charge >= 0.3 is 41.8 Å². The highest BCUT2D eigenvalue weighted by atomic mass is 79.9. The Hall–Kier alpha value is -8.81. The Labute approximate surface area is 461 Å². The second kappa shape index (κ2) is 26.5. The molecule has 17 nitrogen and oxygen atoms in total. The monoisotopic (exact) mass is 1130 g/mol. The molecular weight excluding hydrogens is 1080 g/mol. The summed E-state index contributed by atoms with van der Waals surface area (Å²) in [5.41, 5.74) is 0.636. The first-order chi connectivity index (χ1) is 38.5. The van der Waals surface area contributed by atoms with Crippen molar-refractivity contribution >= 4 is 57.7 Å². The van der Waals surface area contributed by atoms with Crippen LogP contribution in [-0.4, -0.2) is 115 Å². The number of carbonyl (C=O) groups is 7. The molecule has 2 heterocycles. The van der Waals surface area contributed by atoms with Crippen molar-refractivity contribution in [3.8, 4) is 0 Å². The Bertz CT molecular complexity index is 3170. The molecule has 79 heavy (non-hydrogen) atoms. The third kappa shape index (κ3) is 14.0. The van der Waals surface area contributed by atoms with Crippen molar-refractivity contribution in [1.82, 2.24) is 0 Å². The number of carbonyl (C=O) groups excluding carboxylic acids is 7. The molecule has 0 radical (unpaired) electrons. The van der Waals surface area contributed by atoms with Crippen molar-refractivity contribution in [3.05, 3.63) is 251 Å². The molecule has 0 spiro atoms. The molecule has 0 N–H and O–H groups in total. The zero-order valence-corrected chi connectivity index (χ0v) is 43.3. The van der Waals surface area contributed by atoms with Gasteiger partial charge in [-0.25, -0.2) is 33.6 Å². The number of hydrogen-bond donors (Lipinski definition) is 0. The fourth-order valence-electron chi connectivity index (χ4n) is 8.56. The second-order valence-electron chi connectivity index (χ2n) is 17.8. The minimum atomic E-state index is -1.96. The molecule has 0 bridgehead atoms. The second-order valence-corrected chi connectivity index (χ2v) is 18.7. The van der Waals surface area contributed by atoms with Gasteiger partial charge in [0.15, 0.2) is 36.8 Å². The summed E-state index contributed by atoms with van der Waals surface area (Å²) in [7, 11) is 0. The third-order valence-corrected chi connectivity index (χ3v) is 13.2. The van der Waals surface area contributed by atoms with Crippen LogP contribution in [0.15, 0.2) is 212 Å². The van der Waals surface area contributed by atoms with Gasteiger partial charge in [-0.05, 0) is 84.9 Å². The number of benzene rings is 7. The largest absolute Gasteiger partial charge is 0.459 e. The van der Waals surface area contributed by atoms with Crippen molar-refractivity contribution in [3.63, 3.8) is 0 Å². The Morgan fingerprint density at radius 2 is 0.544 bits per heavy atom. The molecule has 10 atom stereocenters. The molecule has 0 saturated carbocycles. The minimum absolute atomic E-state index is 0.0287. The zero-order chi connectivity index (χ0) is 55.1. The molecule has 2 aliphatic rings. The van der Waals surface area contributed by atoms with Crippen LogP contribution in [0.2, 0.25) is 0 Å². The summed E-state index contributed by atoms with van der Waals surface area (Å²) in [5.74, 6) is -6.28. The van der Waals surface area contributed by atoms with Crippen molar-refractivity contribution in [1.29, 1.82) is 0 Å². The third-order valence-electron chi connectivity index (χ3n) is 12.5. The molecule has 2 aliphatic heterocycles. The van der Waals surface area contributed by atoms with E-state index in [1.807, 2.05) is 0 Å². The fraction of sp³-hybridized carbons (Fsp3) is 0.197. The molecule has 0 aliphatic carbocycles. The molecule has 2 saturated heterocycles. The van der Waals surface area contributed by atoms with Crippen molar-refractivity contribution in [2.24, 2.45) is 0 Å². The van der Waals surface area contributed by atoms with E-state index in [4.69, 9.17) is 47.4 Å². The topological polar surface area (TPSA) is 212 Å². The van der Waals surface area contributed by atoms with Crippen molar-refractivity contribution < 1.29 is 80.9 Å². The van der Waals surface area contributed by atoms with Crippen LogP contribution < -0.4 is 0 Å². The van der Waals surface area contributed by atoms with E-state index in [1.165, 1.54) is 84.9 Å². The quantitative estimate of drug-likeness (QED) is 0.0445. The number of hydrogen-bond acceptors (Lipinski definition) is 17. The number of alkyl halides is 1. The van der Waals surface area contributed by atoms with E-state index < -0.39 is 115 Å². The van der Waals surface area contributed by atoms with Gasteiger partial charge in [0.25, 0.3) is 0 Å². The zero-order valence-electron chi connectivity index (χ0n) is 41.7. The lowest BCUT2D eigenvalue weighted by Crippen LogP contribution is -2.66. The van der Waals surface area contributed by atoms with Gasteiger partial charge in [0.2, 0.25) is 0 Å². The van der Waals surface area contributed by atoms with Gasteiger partial charge < -0.3 is 47.4 Å². The first-order valence-corrected chi connectivity index (χ1v) is 25.8. The van der Waals surface area contributed by atoms with Crippen LogP contribution in [-0.2, 0) is 47.4 Å². The highest BCUT2D eigenvalue weighted by molar-refractivity contribution is 9.09. The van der Waals surface area contributed by atoms with Crippen LogP contribution in [0.4, 0.5) is 0 Å². The number of rotatable bonds is 18. The van der Waals surface area contributed by atoms with E-state index in [1.54, 1.807) is 127 Å². The number of esters is 7. The van der Waals surface area contributed by atoms with Crippen LogP contribution in [0.5, 0.6) is 0 Å². The van der Waals surface area contributed by atoms with E-state index in [0.717, 1.165) is 0 Å². The van der Waals surface area contributed by atoms with Crippen LogP contribution in [0, 0.1) is 0 Å². The summed E-state index contributed by atoms with van der Waals surface area (Å²) in [6.07, 6.45) is -15.5. The van der Waals surface area contributed by atoms with Gasteiger partial charge in [-0.1, -0.05) is 143 Å². The Kier molecular flexibility index (Phi) is 18.4. The van der Waals surface area contributed by atoms with Crippen LogP contribution in [0.3, 0.4) is 0 Å². The van der Waals surface area contributed by atoms with Crippen molar-refractivity contribution in [2.75, 3.05) is 13.2 Å². The fourth-order valence-corrected chi connectivity index (χ4v) is 9.26. The molecule has 0 unspecified atom stereocenters. The first kappa shape index (κ1) is 55.0.